The highest BCUT2D eigenvalue weighted by Crippen LogP contribution is 2.36. The first kappa shape index (κ1) is 29.6. The van der Waals surface area contributed by atoms with E-state index < -0.39 is 35.2 Å². The second-order valence-corrected chi connectivity index (χ2v) is 11.7. The molecule has 0 heterocycles. The van der Waals surface area contributed by atoms with Gasteiger partial charge in [0, 0.05) is 19.6 Å². The van der Waals surface area contributed by atoms with E-state index in [2.05, 4.69) is 10.6 Å². The number of carbonyl (C=O) groups is 3. The number of methoxy groups -OCH3 is 1. The van der Waals surface area contributed by atoms with E-state index in [0.29, 0.717) is 18.8 Å². The van der Waals surface area contributed by atoms with Crippen molar-refractivity contribution in [1.29, 1.82) is 0 Å². The van der Waals surface area contributed by atoms with Crippen LogP contribution >= 0.6 is 0 Å². The predicted octanol–water partition coefficient (Wildman–Crippen LogP) is 4.40. The normalized spacial score (nSPS) is 20.0. The summed E-state index contributed by atoms with van der Waals surface area (Å²) in [5.41, 5.74) is -0.261. The molecule has 0 radical (unpaired) electrons. The Hall–Kier alpha value is -2.61. The summed E-state index contributed by atoms with van der Waals surface area (Å²) in [4.78, 5) is 38.0. The van der Waals surface area contributed by atoms with Gasteiger partial charge in [-0.2, -0.15) is 0 Å². The minimum absolute atomic E-state index is 0.0870. The Bertz CT molecular complexity index is 874. The quantitative estimate of drug-likeness (QED) is 0.433. The fourth-order valence-corrected chi connectivity index (χ4v) is 4.04. The van der Waals surface area contributed by atoms with Crippen LogP contribution in [-0.2, 0) is 30.2 Å². The van der Waals surface area contributed by atoms with Crippen molar-refractivity contribution in [2.75, 3.05) is 7.11 Å². The Morgan fingerprint density at radius 2 is 1.61 bits per heavy atom. The number of esters is 1. The smallest absolute Gasteiger partial charge is 0.407 e. The Kier molecular flexibility index (Phi) is 10.3. The highest BCUT2D eigenvalue weighted by Gasteiger charge is 2.40. The van der Waals surface area contributed by atoms with Crippen molar-refractivity contribution in [1.82, 2.24) is 10.6 Å². The van der Waals surface area contributed by atoms with Gasteiger partial charge in [0.25, 0.3) is 0 Å². The lowest BCUT2D eigenvalue weighted by Gasteiger charge is -2.27. The maximum atomic E-state index is 13.1. The van der Waals surface area contributed by atoms with Crippen LogP contribution in [0.2, 0.25) is 0 Å². The zero-order chi connectivity index (χ0) is 27.1. The van der Waals surface area contributed by atoms with Gasteiger partial charge in [-0.3, -0.25) is 4.79 Å². The Balaban J connectivity index is 1.92. The van der Waals surface area contributed by atoms with Crippen LogP contribution in [0.3, 0.4) is 0 Å². The summed E-state index contributed by atoms with van der Waals surface area (Å²) in [6.07, 6.45) is 1.98. The average Bonchev–Trinajstić information content (AvgIpc) is 3.48. The molecular formula is C28H44N2O6. The van der Waals surface area contributed by atoms with Crippen LogP contribution < -0.4 is 10.6 Å². The standard InChI is InChI=1S/C28H44N2O6/c1-18(23(34-8)15-14-20-17-21(20)30-26(33)36-28(5,6)7)24(31)29-22(25(32)35-27(2,3)4)16-19-12-10-9-11-13-19/h9-13,18,20-23H,14-17H2,1-8H3,(H,29,31)(H,30,33)/t18-,20-,21?,22?,23+/m1/s1. The van der Waals surface area contributed by atoms with E-state index >= 15 is 0 Å². The topological polar surface area (TPSA) is 103 Å². The molecule has 202 valence electrons. The van der Waals surface area contributed by atoms with Crippen molar-refractivity contribution in [3.05, 3.63) is 35.9 Å². The molecule has 1 fully saturated rings. The van der Waals surface area contributed by atoms with Gasteiger partial charge in [-0.25, -0.2) is 9.59 Å². The molecule has 5 atom stereocenters. The largest absolute Gasteiger partial charge is 0.458 e. The fraction of sp³-hybridized carbons (Fsp3) is 0.679. The van der Waals surface area contributed by atoms with Gasteiger partial charge in [0.15, 0.2) is 0 Å². The third-order valence-electron chi connectivity index (χ3n) is 6.01. The highest BCUT2D eigenvalue weighted by atomic mass is 16.6. The second-order valence-electron chi connectivity index (χ2n) is 11.7. The zero-order valence-electron chi connectivity index (χ0n) is 23.1. The van der Waals surface area contributed by atoms with Crippen molar-refractivity contribution in [3.63, 3.8) is 0 Å². The van der Waals surface area contributed by atoms with Crippen molar-refractivity contribution >= 4 is 18.0 Å². The zero-order valence-corrected chi connectivity index (χ0v) is 23.1. The molecule has 1 aliphatic rings. The molecule has 0 saturated heterocycles. The maximum Gasteiger partial charge on any atom is 0.407 e. The van der Waals surface area contributed by atoms with Crippen LogP contribution in [0.5, 0.6) is 0 Å². The number of carbonyl (C=O) groups excluding carboxylic acids is 3. The lowest BCUT2D eigenvalue weighted by atomic mass is 9.96. The summed E-state index contributed by atoms with van der Waals surface area (Å²) >= 11 is 0. The molecular weight excluding hydrogens is 460 g/mol. The van der Waals surface area contributed by atoms with Crippen molar-refractivity contribution in [3.8, 4) is 0 Å². The van der Waals surface area contributed by atoms with Crippen LogP contribution in [0.1, 0.15) is 73.3 Å². The van der Waals surface area contributed by atoms with E-state index in [-0.39, 0.29) is 18.1 Å². The fourth-order valence-electron chi connectivity index (χ4n) is 4.04. The van der Waals surface area contributed by atoms with Crippen molar-refractivity contribution in [2.45, 2.75) is 104 Å². The summed E-state index contributed by atoms with van der Waals surface area (Å²) in [5, 5.41) is 5.80. The lowest BCUT2D eigenvalue weighted by molar-refractivity contribution is -0.159. The number of nitrogens with one attached hydrogen (secondary N) is 2. The van der Waals surface area contributed by atoms with E-state index in [1.54, 1.807) is 27.9 Å². The molecule has 36 heavy (non-hydrogen) atoms. The van der Waals surface area contributed by atoms with Gasteiger partial charge in [-0.1, -0.05) is 37.3 Å². The number of ether oxygens (including phenoxy) is 3. The van der Waals surface area contributed by atoms with Crippen molar-refractivity contribution < 1.29 is 28.6 Å². The molecule has 2 N–H and O–H groups in total. The number of hydrogen-bond acceptors (Lipinski definition) is 6. The predicted molar refractivity (Wildman–Crippen MR) is 138 cm³/mol. The van der Waals surface area contributed by atoms with E-state index in [9.17, 15) is 14.4 Å². The molecule has 2 amide bonds. The van der Waals surface area contributed by atoms with Crippen LogP contribution in [-0.4, -0.2) is 54.5 Å². The Labute approximate surface area is 215 Å². The number of hydrogen-bond donors (Lipinski definition) is 2. The maximum absolute atomic E-state index is 13.1. The molecule has 1 aromatic rings. The average molecular weight is 505 g/mol. The van der Waals surface area contributed by atoms with Gasteiger partial charge in [0.2, 0.25) is 5.91 Å². The third kappa shape index (κ3) is 10.6. The number of alkyl carbamates (subject to hydrolysis) is 1. The van der Waals surface area contributed by atoms with E-state index in [0.717, 1.165) is 18.4 Å². The van der Waals surface area contributed by atoms with E-state index in [4.69, 9.17) is 14.2 Å². The molecule has 0 aliphatic heterocycles. The molecule has 2 unspecified atom stereocenters. The monoisotopic (exact) mass is 504 g/mol. The van der Waals surface area contributed by atoms with Crippen molar-refractivity contribution in [2.24, 2.45) is 11.8 Å². The molecule has 1 saturated carbocycles. The summed E-state index contributed by atoms with van der Waals surface area (Å²) < 4.78 is 16.5. The number of benzene rings is 1. The summed E-state index contributed by atoms with van der Waals surface area (Å²) in [6.45, 7) is 12.7. The Morgan fingerprint density at radius 3 is 2.17 bits per heavy atom. The summed E-state index contributed by atoms with van der Waals surface area (Å²) in [6, 6.07) is 8.83. The first-order chi connectivity index (χ1) is 16.7. The van der Waals surface area contributed by atoms with Gasteiger partial charge in [0.1, 0.15) is 17.2 Å². The number of rotatable bonds is 11. The van der Waals surface area contributed by atoms with Crippen LogP contribution in [0.25, 0.3) is 0 Å². The molecule has 8 nitrogen and oxygen atoms in total. The van der Waals surface area contributed by atoms with Gasteiger partial charge >= 0.3 is 12.1 Å². The van der Waals surface area contributed by atoms with Crippen LogP contribution in [0, 0.1) is 11.8 Å². The molecule has 1 aromatic carbocycles. The third-order valence-corrected chi connectivity index (χ3v) is 6.01. The van der Waals surface area contributed by atoms with Gasteiger partial charge in [-0.15, -0.1) is 0 Å². The first-order valence-electron chi connectivity index (χ1n) is 12.8. The molecule has 0 bridgehead atoms. The van der Waals surface area contributed by atoms with E-state index in [1.165, 1.54) is 0 Å². The van der Waals surface area contributed by atoms with Gasteiger partial charge in [0.05, 0.1) is 12.0 Å². The molecule has 0 aromatic heterocycles. The second kappa shape index (κ2) is 12.6. The van der Waals surface area contributed by atoms with E-state index in [1.807, 2.05) is 58.0 Å². The lowest BCUT2D eigenvalue weighted by Crippen LogP contribution is -2.49. The summed E-state index contributed by atoms with van der Waals surface area (Å²) in [7, 11) is 1.59. The first-order valence-corrected chi connectivity index (χ1v) is 12.8. The van der Waals surface area contributed by atoms with Gasteiger partial charge < -0.3 is 24.8 Å². The minimum Gasteiger partial charge on any atom is -0.458 e. The number of amides is 2. The molecule has 8 heteroatoms. The molecule has 1 aliphatic carbocycles. The minimum atomic E-state index is -0.801. The summed E-state index contributed by atoms with van der Waals surface area (Å²) in [5.74, 6) is -0.854. The molecule has 0 spiro atoms. The van der Waals surface area contributed by atoms with Crippen LogP contribution in [0.15, 0.2) is 30.3 Å². The Morgan fingerprint density at radius 1 is 1.00 bits per heavy atom. The molecule has 2 rings (SSSR count). The van der Waals surface area contributed by atoms with Crippen LogP contribution in [0.4, 0.5) is 4.79 Å². The van der Waals surface area contributed by atoms with Gasteiger partial charge in [-0.05, 0) is 72.3 Å². The SMILES string of the molecule is CO[C@@H](CC[C@@H]1CC1NC(=O)OC(C)(C)C)[C@@H](C)C(=O)NC(Cc1ccccc1)C(=O)OC(C)(C)C. The highest BCUT2D eigenvalue weighted by molar-refractivity contribution is 5.86.